The number of halogens is 1. The fraction of sp³-hybridized carbons (Fsp3) is 0.167. The Morgan fingerprint density at radius 3 is 2.61 bits per heavy atom. The van der Waals surface area contributed by atoms with Crippen LogP contribution in [-0.4, -0.2) is 21.3 Å². The fourth-order valence-corrected chi connectivity index (χ4v) is 2.56. The zero-order chi connectivity index (χ0) is 13.4. The number of nitrogens with zero attached hydrogens (tertiary/aromatic N) is 1. The smallest absolute Gasteiger partial charge is 0.358 e. The highest BCUT2D eigenvalue weighted by atomic mass is 79.9. The van der Waals surface area contributed by atoms with Crippen LogP contribution in [0.3, 0.4) is 0 Å². The maximum atomic E-state index is 10.8. The molecule has 0 bridgehead atoms. The molecule has 0 saturated heterocycles. The number of carbonyl (C=O) groups is 1. The number of hydrogen-bond donors (Lipinski definition) is 2. The molecule has 0 spiro atoms. The summed E-state index contributed by atoms with van der Waals surface area (Å²) >= 11 is 3.37. The van der Waals surface area contributed by atoms with Gasteiger partial charge >= 0.3 is 5.97 Å². The summed E-state index contributed by atoms with van der Waals surface area (Å²) < 4.78 is 5.71. The van der Waals surface area contributed by atoms with Crippen LogP contribution >= 0.6 is 15.9 Å². The number of hydrogen-bond acceptors (Lipinski definition) is 4. The van der Waals surface area contributed by atoms with Crippen molar-refractivity contribution in [3.63, 3.8) is 0 Å². The molecule has 0 radical (unpaired) electrons. The van der Waals surface area contributed by atoms with Crippen molar-refractivity contribution < 1.29 is 19.5 Å². The number of carboxylic acid groups (broad SMARTS) is 1. The number of rotatable bonds is 2. The van der Waals surface area contributed by atoms with Gasteiger partial charge in [0.1, 0.15) is 5.75 Å². The quantitative estimate of drug-likeness (QED) is 0.890. The van der Waals surface area contributed by atoms with Crippen LogP contribution in [0.5, 0.6) is 5.75 Å². The Bertz CT molecular complexity index is 633. The first-order valence-electron chi connectivity index (χ1n) is 5.11. The Morgan fingerprint density at radius 1 is 1.39 bits per heavy atom. The maximum absolute atomic E-state index is 10.8. The van der Waals surface area contributed by atoms with Gasteiger partial charge in [-0.05, 0) is 25.5 Å². The first-order chi connectivity index (χ1) is 8.41. The van der Waals surface area contributed by atoms with Crippen molar-refractivity contribution in [3.8, 4) is 17.1 Å². The lowest BCUT2D eigenvalue weighted by Gasteiger charge is -2.09. The minimum atomic E-state index is -1.16. The number of aryl methyl sites for hydroxylation is 1. The van der Waals surface area contributed by atoms with Crippen LogP contribution in [0.25, 0.3) is 11.3 Å². The SMILES string of the molecule is Cc1cc(Br)c(-c2cc(C(=O)O)no2)c(C)c1O. The molecule has 1 aromatic heterocycles. The molecular formula is C12H10BrNO4. The number of phenols is 1. The molecule has 0 fully saturated rings. The molecule has 2 aromatic rings. The number of aromatic carboxylic acids is 1. The number of carboxylic acids is 1. The van der Waals surface area contributed by atoms with E-state index in [2.05, 4.69) is 21.1 Å². The monoisotopic (exact) mass is 311 g/mol. The second-order valence-corrected chi connectivity index (χ2v) is 4.76. The standard InChI is InChI=1S/C12H10BrNO4/c1-5-3-7(13)10(6(2)11(5)15)9-4-8(12(16)17)14-18-9/h3-4,15H,1-2H3,(H,16,17). The van der Waals surface area contributed by atoms with Gasteiger partial charge in [0.2, 0.25) is 0 Å². The summed E-state index contributed by atoms with van der Waals surface area (Å²) in [5.74, 6) is -0.705. The molecule has 1 aromatic carbocycles. The summed E-state index contributed by atoms with van der Waals surface area (Å²) in [6, 6.07) is 3.06. The van der Waals surface area contributed by atoms with Gasteiger partial charge in [-0.25, -0.2) is 4.79 Å². The summed E-state index contributed by atoms with van der Waals surface area (Å²) in [5.41, 5.74) is 1.76. The van der Waals surface area contributed by atoms with Crippen molar-refractivity contribution in [1.29, 1.82) is 0 Å². The maximum Gasteiger partial charge on any atom is 0.358 e. The van der Waals surface area contributed by atoms with Crippen LogP contribution in [0.2, 0.25) is 0 Å². The van der Waals surface area contributed by atoms with E-state index in [0.717, 1.165) is 5.56 Å². The Labute approximate surface area is 111 Å². The molecule has 0 unspecified atom stereocenters. The van der Waals surface area contributed by atoms with E-state index in [1.165, 1.54) is 6.07 Å². The first kappa shape index (κ1) is 12.6. The van der Waals surface area contributed by atoms with Crippen LogP contribution < -0.4 is 0 Å². The molecular weight excluding hydrogens is 302 g/mol. The molecule has 94 valence electrons. The zero-order valence-corrected chi connectivity index (χ0v) is 11.3. The molecule has 1 heterocycles. The number of phenolic OH excluding ortho intramolecular Hbond substituents is 1. The molecule has 0 saturated carbocycles. The third-order valence-corrected chi connectivity index (χ3v) is 3.29. The van der Waals surface area contributed by atoms with Gasteiger partial charge in [0.25, 0.3) is 0 Å². The molecule has 5 nitrogen and oxygen atoms in total. The normalized spacial score (nSPS) is 10.6. The van der Waals surface area contributed by atoms with E-state index < -0.39 is 5.97 Å². The van der Waals surface area contributed by atoms with E-state index in [9.17, 15) is 9.90 Å². The van der Waals surface area contributed by atoms with E-state index in [1.807, 2.05) is 0 Å². The molecule has 0 aliphatic rings. The molecule has 2 N–H and O–H groups in total. The zero-order valence-electron chi connectivity index (χ0n) is 9.69. The third-order valence-electron chi connectivity index (χ3n) is 2.66. The van der Waals surface area contributed by atoms with Crippen LogP contribution in [0.4, 0.5) is 0 Å². The van der Waals surface area contributed by atoms with Crippen molar-refractivity contribution in [1.82, 2.24) is 5.16 Å². The van der Waals surface area contributed by atoms with Crippen molar-refractivity contribution >= 4 is 21.9 Å². The van der Waals surface area contributed by atoms with E-state index >= 15 is 0 Å². The van der Waals surface area contributed by atoms with E-state index in [4.69, 9.17) is 9.63 Å². The second-order valence-electron chi connectivity index (χ2n) is 3.91. The Morgan fingerprint density at radius 2 is 2.06 bits per heavy atom. The van der Waals surface area contributed by atoms with Gasteiger partial charge < -0.3 is 14.7 Å². The van der Waals surface area contributed by atoms with Crippen LogP contribution in [0, 0.1) is 13.8 Å². The predicted octanol–water partition coefficient (Wildman–Crippen LogP) is 3.12. The third kappa shape index (κ3) is 1.99. The first-order valence-corrected chi connectivity index (χ1v) is 5.90. The second kappa shape index (κ2) is 4.45. The number of aromatic hydroxyl groups is 1. The minimum Gasteiger partial charge on any atom is -0.507 e. The van der Waals surface area contributed by atoms with E-state index in [0.29, 0.717) is 21.4 Å². The molecule has 0 aliphatic carbocycles. The predicted molar refractivity (Wildman–Crippen MR) is 67.7 cm³/mol. The van der Waals surface area contributed by atoms with E-state index in [1.54, 1.807) is 19.9 Å². The average Bonchev–Trinajstić information content (AvgIpc) is 2.75. The lowest BCUT2D eigenvalue weighted by Crippen LogP contribution is -1.94. The molecule has 0 atom stereocenters. The largest absolute Gasteiger partial charge is 0.507 e. The molecule has 6 heteroatoms. The molecule has 18 heavy (non-hydrogen) atoms. The highest BCUT2D eigenvalue weighted by molar-refractivity contribution is 9.10. The Hall–Kier alpha value is -1.82. The molecule has 0 aliphatic heterocycles. The van der Waals surface area contributed by atoms with Gasteiger partial charge in [0.15, 0.2) is 11.5 Å². The highest BCUT2D eigenvalue weighted by Gasteiger charge is 2.19. The van der Waals surface area contributed by atoms with Gasteiger partial charge in [-0.1, -0.05) is 21.1 Å². The Balaban J connectivity index is 2.63. The summed E-state index contributed by atoms with van der Waals surface area (Å²) in [7, 11) is 0. The molecule has 0 amide bonds. The van der Waals surface area contributed by atoms with Gasteiger partial charge in [0.05, 0.1) is 0 Å². The van der Waals surface area contributed by atoms with Crippen LogP contribution in [0.1, 0.15) is 21.6 Å². The summed E-state index contributed by atoms with van der Waals surface area (Å²) in [6.07, 6.45) is 0. The summed E-state index contributed by atoms with van der Waals surface area (Å²) in [5, 5.41) is 22.1. The van der Waals surface area contributed by atoms with Crippen molar-refractivity contribution in [2.45, 2.75) is 13.8 Å². The summed E-state index contributed by atoms with van der Waals surface area (Å²) in [4.78, 5) is 10.8. The number of benzene rings is 1. The van der Waals surface area contributed by atoms with Crippen molar-refractivity contribution in [3.05, 3.63) is 33.4 Å². The lowest BCUT2D eigenvalue weighted by molar-refractivity contribution is 0.0686. The summed E-state index contributed by atoms with van der Waals surface area (Å²) in [6.45, 7) is 3.51. The highest BCUT2D eigenvalue weighted by Crippen LogP contribution is 2.38. The van der Waals surface area contributed by atoms with Crippen molar-refractivity contribution in [2.75, 3.05) is 0 Å². The van der Waals surface area contributed by atoms with E-state index in [-0.39, 0.29) is 11.4 Å². The van der Waals surface area contributed by atoms with Gasteiger partial charge in [0, 0.05) is 21.7 Å². The minimum absolute atomic E-state index is 0.154. The van der Waals surface area contributed by atoms with Crippen molar-refractivity contribution in [2.24, 2.45) is 0 Å². The van der Waals surface area contributed by atoms with Gasteiger partial charge in [-0.2, -0.15) is 0 Å². The van der Waals surface area contributed by atoms with Gasteiger partial charge in [-0.15, -0.1) is 0 Å². The van der Waals surface area contributed by atoms with Crippen LogP contribution in [0.15, 0.2) is 21.1 Å². The topological polar surface area (TPSA) is 83.6 Å². The molecule has 2 rings (SSSR count). The average molecular weight is 312 g/mol. The number of aromatic nitrogens is 1. The van der Waals surface area contributed by atoms with Gasteiger partial charge in [-0.3, -0.25) is 0 Å². The van der Waals surface area contributed by atoms with Crippen LogP contribution in [-0.2, 0) is 0 Å². The Kier molecular flexibility index (Phi) is 3.13. The lowest BCUT2D eigenvalue weighted by atomic mass is 10.0. The fourth-order valence-electron chi connectivity index (χ4n) is 1.72.